The Kier molecular flexibility index (Phi) is 4.73. The zero-order valence-corrected chi connectivity index (χ0v) is 15.7. The van der Waals surface area contributed by atoms with Crippen molar-refractivity contribution in [1.29, 1.82) is 0 Å². The number of halogens is 1. The molecule has 124 valence electrons. The van der Waals surface area contributed by atoms with Crippen molar-refractivity contribution in [2.75, 3.05) is 12.4 Å². The number of thiophene rings is 1. The van der Waals surface area contributed by atoms with Gasteiger partial charge in [-0.25, -0.2) is 0 Å². The third-order valence-electron chi connectivity index (χ3n) is 3.50. The number of aryl methyl sites for hydroxylation is 2. The van der Waals surface area contributed by atoms with Crippen molar-refractivity contribution in [2.45, 2.75) is 13.8 Å². The molecule has 0 spiro atoms. The van der Waals surface area contributed by atoms with Gasteiger partial charge < -0.3 is 14.6 Å². The molecule has 0 saturated carbocycles. The van der Waals surface area contributed by atoms with E-state index in [1.807, 2.05) is 37.3 Å². The maximum absolute atomic E-state index is 12.8. The van der Waals surface area contributed by atoms with Crippen molar-refractivity contribution in [3.8, 4) is 16.3 Å². The van der Waals surface area contributed by atoms with E-state index < -0.39 is 0 Å². The molecule has 3 aromatic rings. The van der Waals surface area contributed by atoms with Gasteiger partial charge in [-0.1, -0.05) is 11.2 Å². The zero-order chi connectivity index (χ0) is 17.3. The van der Waals surface area contributed by atoms with Gasteiger partial charge in [0.05, 0.1) is 21.5 Å². The monoisotopic (exact) mass is 406 g/mol. The molecule has 1 N–H and O–H groups in total. The summed E-state index contributed by atoms with van der Waals surface area (Å²) in [6, 6.07) is 9.42. The summed E-state index contributed by atoms with van der Waals surface area (Å²) in [4.78, 5) is 13.7. The Bertz CT molecular complexity index is 901. The average molecular weight is 407 g/mol. The number of anilines is 1. The lowest BCUT2D eigenvalue weighted by Gasteiger charge is -2.11. The lowest BCUT2D eigenvalue weighted by atomic mass is 10.1. The molecule has 0 saturated heterocycles. The molecule has 0 bridgehead atoms. The van der Waals surface area contributed by atoms with Crippen LogP contribution in [0.25, 0.3) is 10.6 Å². The molecule has 0 fully saturated rings. The first-order valence-electron chi connectivity index (χ1n) is 7.17. The van der Waals surface area contributed by atoms with Gasteiger partial charge in [0, 0.05) is 0 Å². The standard InChI is InChI=1S/C17H15BrN2O3S/c1-9-4-5-12(22-3)11(8-9)19-17(21)15-10(2)23-20-16(15)13-6-7-14(18)24-13/h4-8H,1-3H3,(H,19,21). The molecule has 1 amide bonds. The minimum absolute atomic E-state index is 0.280. The molecule has 2 heterocycles. The van der Waals surface area contributed by atoms with Crippen LogP contribution in [-0.4, -0.2) is 18.2 Å². The number of hydrogen-bond donors (Lipinski definition) is 1. The van der Waals surface area contributed by atoms with Gasteiger partial charge in [-0.3, -0.25) is 4.79 Å². The molecule has 0 aliphatic rings. The number of aromatic nitrogens is 1. The van der Waals surface area contributed by atoms with Gasteiger partial charge in [0.15, 0.2) is 0 Å². The van der Waals surface area contributed by atoms with Crippen LogP contribution in [0.15, 0.2) is 38.6 Å². The quantitative estimate of drug-likeness (QED) is 0.658. The number of ether oxygens (including phenoxy) is 1. The lowest BCUT2D eigenvalue weighted by Crippen LogP contribution is -2.14. The van der Waals surface area contributed by atoms with Crippen molar-refractivity contribution in [1.82, 2.24) is 5.16 Å². The highest BCUT2D eigenvalue weighted by Crippen LogP contribution is 2.34. The average Bonchev–Trinajstić information content (AvgIpc) is 3.13. The minimum atomic E-state index is -0.280. The molecule has 0 unspecified atom stereocenters. The van der Waals surface area contributed by atoms with E-state index >= 15 is 0 Å². The Morgan fingerprint density at radius 1 is 1.29 bits per heavy atom. The Morgan fingerprint density at radius 3 is 2.75 bits per heavy atom. The minimum Gasteiger partial charge on any atom is -0.495 e. The van der Waals surface area contributed by atoms with Gasteiger partial charge in [-0.15, -0.1) is 11.3 Å². The van der Waals surface area contributed by atoms with Crippen LogP contribution in [0.5, 0.6) is 5.75 Å². The van der Waals surface area contributed by atoms with Gasteiger partial charge >= 0.3 is 0 Å². The molecule has 2 aromatic heterocycles. The normalized spacial score (nSPS) is 10.7. The molecule has 0 radical (unpaired) electrons. The molecule has 7 heteroatoms. The SMILES string of the molecule is COc1ccc(C)cc1NC(=O)c1c(-c2ccc(Br)s2)noc1C. The molecule has 0 aliphatic carbocycles. The number of rotatable bonds is 4. The molecule has 0 atom stereocenters. The zero-order valence-electron chi connectivity index (χ0n) is 13.3. The topological polar surface area (TPSA) is 64.4 Å². The maximum atomic E-state index is 12.8. The summed E-state index contributed by atoms with van der Waals surface area (Å²) >= 11 is 4.91. The van der Waals surface area contributed by atoms with E-state index in [1.54, 1.807) is 14.0 Å². The molecular formula is C17H15BrN2O3S. The molecule has 1 aromatic carbocycles. The van der Waals surface area contributed by atoms with E-state index in [9.17, 15) is 4.79 Å². The second-order valence-electron chi connectivity index (χ2n) is 5.22. The molecular weight excluding hydrogens is 392 g/mol. The predicted octanol–water partition coefficient (Wildman–Crippen LogP) is 5.04. The van der Waals surface area contributed by atoms with Crippen molar-refractivity contribution >= 4 is 38.9 Å². The summed E-state index contributed by atoms with van der Waals surface area (Å²) in [5.74, 6) is 0.791. The van der Waals surface area contributed by atoms with Crippen molar-refractivity contribution < 1.29 is 14.1 Å². The highest BCUT2D eigenvalue weighted by atomic mass is 79.9. The van der Waals surface area contributed by atoms with Crippen LogP contribution < -0.4 is 10.1 Å². The number of nitrogens with zero attached hydrogens (tertiary/aromatic N) is 1. The third-order valence-corrected chi connectivity index (χ3v) is 5.13. The lowest BCUT2D eigenvalue weighted by molar-refractivity contribution is 0.102. The molecule has 5 nitrogen and oxygen atoms in total. The fourth-order valence-corrected chi connectivity index (χ4v) is 3.73. The van der Waals surface area contributed by atoms with Gasteiger partial charge in [0.25, 0.3) is 5.91 Å². The van der Waals surface area contributed by atoms with Crippen LogP contribution >= 0.6 is 27.3 Å². The number of amides is 1. The first kappa shape index (κ1) is 16.7. The molecule has 3 rings (SSSR count). The smallest absolute Gasteiger partial charge is 0.261 e. The summed E-state index contributed by atoms with van der Waals surface area (Å²) in [5.41, 5.74) is 2.59. The fraction of sp³-hybridized carbons (Fsp3) is 0.176. The number of carbonyl (C=O) groups is 1. The summed E-state index contributed by atoms with van der Waals surface area (Å²) in [7, 11) is 1.57. The molecule has 24 heavy (non-hydrogen) atoms. The maximum Gasteiger partial charge on any atom is 0.261 e. The van der Waals surface area contributed by atoms with Crippen molar-refractivity contribution in [2.24, 2.45) is 0 Å². The third kappa shape index (κ3) is 3.22. The van der Waals surface area contributed by atoms with Gasteiger partial charge in [-0.2, -0.15) is 0 Å². The number of carbonyl (C=O) groups excluding carboxylic acids is 1. The molecule has 0 aliphatic heterocycles. The van der Waals surface area contributed by atoms with E-state index in [-0.39, 0.29) is 5.91 Å². The summed E-state index contributed by atoms with van der Waals surface area (Å²) in [5, 5.41) is 6.94. The van der Waals surface area contributed by atoms with Crippen molar-refractivity contribution in [3.05, 3.63) is 51.0 Å². The predicted molar refractivity (Wildman–Crippen MR) is 97.9 cm³/mol. The largest absolute Gasteiger partial charge is 0.495 e. The van der Waals surface area contributed by atoms with Crippen molar-refractivity contribution in [3.63, 3.8) is 0 Å². The highest BCUT2D eigenvalue weighted by Gasteiger charge is 2.23. The second kappa shape index (κ2) is 6.78. The number of hydrogen-bond acceptors (Lipinski definition) is 5. The first-order chi connectivity index (χ1) is 11.5. The van der Waals surface area contributed by atoms with Crippen LogP contribution in [-0.2, 0) is 0 Å². The Hall–Kier alpha value is -2.12. The van der Waals surface area contributed by atoms with Crippen LogP contribution in [0.2, 0.25) is 0 Å². The van der Waals surface area contributed by atoms with Crippen LogP contribution in [0.4, 0.5) is 5.69 Å². The Balaban J connectivity index is 1.97. The van der Waals surface area contributed by atoms with E-state index in [4.69, 9.17) is 9.26 Å². The van der Waals surface area contributed by atoms with Crippen LogP contribution in [0.1, 0.15) is 21.7 Å². The second-order valence-corrected chi connectivity index (χ2v) is 7.69. The van der Waals surface area contributed by atoms with E-state index in [1.165, 1.54) is 11.3 Å². The summed E-state index contributed by atoms with van der Waals surface area (Å²) in [6.45, 7) is 3.68. The number of benzene rings is 1. The highest BCUT2D eigenvalue weighted by molar-refractivity contribution is 9.11. The fourth-order valence-electron chi connectivity index (χ4n) is 2.35. The van der Waals surface area contributed by atoms with E-state index in [0.717, 1.165) is 14.2 Å². The Morgan fingerprint density at radius 2 is 2.08 bits per heavy atom. The first-order valence-corrected chi connectivity index (χ1v) is 8.78. The number of methoxy groups -OCH3 is 1. The van der Waals surface area contributed by atoms with E-state index in [2.05, 4.69) is 26.4 Å². The van der Waals surface area contributed by atoms with E-state index in [0.29, 0.717) is 28.5 Å². The van der Waals surface area contributed by atoms with Gasteiger partial charge in [-0.05, 0) is 59.6 Å². The van der Waals surface area contributed by atoms with Crippen LogP contribution in [0, 0.1) is 13.8 Å². The Labute approximate surface area is 151 Å². The summed E-state index contributed by atoms with van der Waals surface area (Å²) in [6.07, 6.45) is 0. The van der Waals surface area contributed by atoms with Crippen LogP contribution in [0.3, 0.4) is 0 Å². The van der Waals surface area contributed by atoms with Gasteiger partial charge in [0.2, 0.25) is 0 Å². The summed E-state index contributed by atoms with van der Waals surface area (Å²) < 4.78 is 11.5. The number of nitrogens with one attached hydrogen (secondary N) is 1. The van der Waals surface area contributed by atoms with Gasteiger partial charge in [0.1, 0.15) is 22.8 Å².